The van der Waals surface area contributed by atoms with Gasteiger partial charge in [-0.25, -0.2) is 0 Å². The molecule has 136 valence electrons. The van der Waals surface area contributed by atoms with Crippen LogP contribution in [0.3, 0.4) is 0 Å². The molecular formula is C20H28N2O2S. The molecule has 0 aromatic heterocycles. The Hall–Kier alpha value is -1.59. The third kappa shape index (κ3) is 5.44. The number of nitrogens with zero attached hydrogens (tertiary/aromatic N) is 1. The summed E-state index contributed by atoms with van der Waals surface area (Å²) in [5.41, 5.74) is 0.992. The Balaban J connectivity index is 1.62. The second kappa shape index (κ2) is 9.20. The normalized spacial score (nSPS) is 22.6. The highest BCUT2D eigenvalue weighted by atomic mass is 32.1. The van der Waals surface area contributed by atoms with Gasteiger partial charge in [0.2, 0.25) is 0 Å². The summed E-state index contributed by atoms with van der Waals surface area (Å²) in [4.78, 5) is 2.30. The molecule has 0 saturated carbocycles. The number of anilines is 1. The Morgan fingerprint density at radius 2 is 2.08 bits per heavy atom. The largest absolute Gasteiger partial charge is 0.497 e. The van der Waals surface area contributed by atoms with Crippen molar-refractivity contribution >= 4 is 23.0 Å². The van der Waals surface area contributed by atoms with Crippen LogP contribution in [0.5, 0.6) is 5.75 Å². The van der Waals surface area contributed by atoms with Crippen LogP contribution in [0.4, 0.5) is 5.69 Å². The van der Waals surface area contributed by atoms with Crippen molar-refractivity contribution in [2.75, 3.05) is 32.1 Å². The van der Waals surface area contributed by atoms with Gasteiger partial charge in [-0.05, 0) is 74.5 Å². The van der Waals surface area contributed by atoms with Gasteiger partial charge in [0, 0.05) is 25.4 Å². The predicted octanol–water partition coefficient (Wildman–Crippen LogP) is 4.23. The second-order valence-electron chi connectivity index (χ2n) is 6.85. The van der Waals surface area contributed by atoms with E-state index in [1.807, 2.05) is 24.3 Å². The summed E-state index contributed by atoms with van der Waals surface area (Å²) < 4.78 is 11.1. The van der Waals surface area contributed by atoms with Crippen LogP contribution in [0, 0.1) is 5.92 Å². The monoisotopic (exact) mass is 360 g/mol. The van der Waals surface area contributed by atoms with Gasteiger partial charge in [-0.1, -0.05) is 12.2 Å². The molecule has 0 amide bonds. The van der Waals surface area contributed by atoms with Gasteiger partial charge < -0.3 is 19.7 Å². The number of rotatable bonds is 6. The number of hydrogen-bond acceptors (Lipinski definition) is 3. The van der Waals surface area contributed by atoms with Gasteiger partial charge in [-0.2, -0.15) is 0 Å². The lowest BCUT2D eigenvalue weighted by Gasteiger charge is -2.32. The molecule has 25 heavy (non-hydrogen) atoms. The summed E-state index contributed by atoms with van der Waals surface area (Å²) in [7, 11) is 1.68. The van der Waals surface area contributed by atoms with Crippen LogP contribution in [0.25, 0.3) is 0 Å². The zero-order valence-electron chi connectivity index (χ0n) is 14.9. The molecule has 4 nitrogen and oxygen atoms in total. The molecule has 1 aromatic rings. The van der Waals surface area contributed by atoms with E-state index in [1.165, 1.54) is 12.8 Å². The number of nitrogens with one attached hydrogen (secondary N) is 1. The van der Waals surface area contributed by atoms with Crippen molar-refractivity contribution in [1.82, 2.24) is 4.90 Å². The first-order valence-electron chi connectivity index (χ1n) is 9.21. The molecule has 1 aliphatic heterocycles. The summed E-state index contributed by atoms with van der Waals surface area (Å²) in [6.07, 6.45) is 10.7. The first-order valence-corrected chi connectivity index (χ1v) is 9.62. The average molecular weight is 361 g/mol. The molecular weight excluding hydrogens is 332 g/mol. The second-order valence-corrected chi connectivity index (χ2v) is 7.24. The number of ether oxygens (including phenoxy) is 2. The molecule has 1 heterocycles. The smallest absolute Gasteiger partial charge is 0.173 e. The van der Waals surface area contributed by atoms with Gasteiger partial charge >= 0.3 is 0 Å². The van der Waals surface area contributed by atoms with Crippen molar-refractivity contribution in [3.8, 4) is 5.75 Å². The Labute approximate surface area is 156 Å². The van der Waals surface area contributed by atoms with Crippen LogP contribution in [0.2, 0.25) is 0 Å². The average Bonchev–Trinajstić information content (AvgIpc) is 3.16. The molecule has 1 aliphatic carbocycles. The van der Waals surface area contributed by atoms with E-state index in [-0.39, 0.29) is 0 Å². The quantitative estimate of drug-likeness (QED) is 0.606. The molecule has 2 aliphatic rings. The van der Waals surface area contributed by atoms with Gasteiger partial charge in [0.05, 0.1) is 13.2 Å². The SMILES string of the molecule is COc1ccc(NC(=S)N(C[C@@H]2CC=CCC2)C[C@H]2CCCO2)cc1. The molecule has 0 bridgehead atoms. The van der Waals surface area contributed by atoms with Gasteiger partial charge in [0.1, 0.15) is 5.75 Å². The fourth-order valence-electron chi connectivity index (χ4n) is 3.49. The van der Waals surface area contributed by atoms with E-state index in [9.17, 15) is 0 Å². The molecule has 5 heteroatoms. The minimum absolute atomic E-state index is 0.301. The van der Waals surface area contributed by atoms with Gasteiger partial charge in [0.25, 0.3) is 0 Å². The lowest BCUT2D eigenvalue weighted by atomic mass is 9.94. The predicted molar refractivity (Wildman–Crippen MR) is 106 cm³/mol. The Bertz CT molecular complexity index is 582. The number of methoxy groups -OCH3 is 1. The topological polar surface area (TPSA) is 33.7 Å². The van der Waals surface area contributed by atoms with Gasteiger partial charge in [0.15, 0.2) is 5.11 Å². The van der Waals surface area contributed by atoms with E-state index in [1.54, 1.807) is 7.11 Å². The number of allylic oxidation sites excluding steroid dienone is 2. The van der Waals surface area contributed by atoms with Crippen LogP contribution in [-0.2, 0) is 4.74 Å². The van der Waals surface area contributed by atoms with Crippen LogP contribution >= 0.6 is 12.2 Å². The maximum atomic E-state index is 5.84. The van der Waals surface area contributed by atoms with Crippen molar-refractivity contribution in [3.63, 3.8) is 0 Å². The van der Waals surface area contributed by atoms with E-state index in [0.29, 0.717) is 12.0 Å². The highest BCUT2D eigenvalue weighted by Gasteiger charge is 2.23. The number of hydrogen-bond donors (Lipinski definition) is 1. The molecule has 2 atom stereocenters. The van der Waals surface area contributed by atoms with Crippen molar-refractivity contribution < 1.29 is 9.47 Å². The minimum atomic E-state index is 0.301. The van der Waals surface area contributed by atoms with Crippen LogP contribution < -0.4 is 10.1 Å². The standard InChI is InChI=1S/C20H28N2O2S/c1-23-18-11-9-17(10-12-18)21-20(25)22(15-19-8-5-13-24-19)14-16-6-3-2-4-7-16/h2-3,9-12,16,19H,4-8,13-15H2,1H3,(H,21,25)/t16-,19-/m1/s1. The molecule has 1 N–H and O–H groups in total. The maximum absolute atomic E-state index is 5.84. The van der Waals surface area contributed by atoms with Crippen molar-refractivity contribution in [3.05, 3.63) is 36.4 Å². The highest BCUT2D eigenvalue weighted by Crippen LogP contribution is 2.22. The fraction of sp³-hybridized carbons (Fsp3) is 0.550. The number of thiocarbonyl (C=S) groups is 1. The van der Waals surface area contributed by atoms with Crippen molar-refractivity contribution in [1.29, 1.82) is 0 Å². The number of benzene rings is 1. The minimum Gasteiger partial charge on any atom is -0.497 e. The van der Waals surface area contributed by atoms with E-state index >= 15 is 0 Å². The summed E-state index contributed by atoms with van der Waals surface area (Å²) in [5, 5.41) is 4.17. The summed E-state index contributed by atoms with van der Waals surface area (Å²) in [6, 6.07) is 7.89. The maximum Gasteiger partial charge on any atom is 0.173 e. The summed E-state index contributed by atoms with van der Waals surface area (Å²) in [5.74, 6) is 1.52. The molecule has 1 aromatic carbocycles. The first kappa shape index (κ1) is 18.2. The van der Waals surface area contributed by atoms with Crippen LogP contribution in [0.15, 0.2) is 36.4 Å². The van der Waals surface area contributed by atoms with Gasteiger partial charge in [-0.3, -0.25) is 0 Å². The molecule has 1 fully saturated rings. The van der Waals surface area contributed by atoms with Crippen LogP contribution in [0.1, 0.15) is 32.1 Å². The highest BCUT2D eigenvalue weighted by molar-refractivity contribution is 7.80. The zero-order chi connectivity index (χ0) is 17.5. The first-order chi connectivity index (χ1) is 12.2. The third-order valence-corrected chi connectivity index (χ3v) is 5.29. The fourth-order valence-corrected chi connectivity index (χ4v) is 3.75. The summed E-state index contributed by atoms with van der Waals surface area (Å²) >= 11 is 5.73. The molecule has 1 saturated heterocycles. The molecule has 0 spiro atoms. The van der Waals surface area contributed by atoms with Crippen LogP contribution in [-0.4, -0.2) is 42.9 Å². The molecule has 0 radical (unpaired) electrons. The Kier molecular flexibility index (Phi) is 6.70. The van der Waals surface area contributed by atoms with E-state index in [0.717, 1.165) is 55.5 Å². The Morgan fingerprint density at radius 1 is 1.24 bits per heavy atom. The van der Waals surface area contributed by atoms with E-state index < -0.39 is 0 Å². The van der Waals surface area contributed by atoms with Crippen molar-refractivity contribution in [2.45, 2.75) is 38.2 Å². The van der Waals surface area contributed by atoms with E-state index in [2.05, 4.69) is 22.4 Å². The van der Waals surface area contributed by atoms with Crippen molar-refractivity contribution in [2.24, 2.45) is 5.92 Å². The van der Waals surface area contributed by atoms with E-state index in [4.69, 9.17) is 21.7 Å². The van der Waals surface area contributed by atoms with Gasteiger partial charge in [-0.15, -0.1) is 0 Å². The lowest BCUT2D eigenvalue weighted by Crippen LogP contribution is -2.42. The lowest BCUT2D eigenvalue weighted by molar-refractivity contribution is 0.0882. The third-order valence-electron chi connectivity index (χ3n) is 4.93. The Morgan fingerprint density at radius 3 is 2.72 bits per heavy atom. The molecule has 3 rings (SSSR count). The zero-order valence-corrected chi connectivity index (χ0v) is 15.8. The molecule has 0 unspecified atom stereocenters. The summed E-state index contributed by atoms with van der Waals surface area (Å²) in [6.45, 7) is 2.75.